The van der Waals surface area contributed by atoms with Crippen LogP contribution in [0.2, 0.25) is 0 Å². The summed E-state index contributed by atoms with van der Waals surface area (Å²) in [5.41, 5.74) is 4.91. The molecule has 1 aliphatic heterocycles. The third-order valence-corrected chi connectivity index (χ3v) is 8.06. The number of amides is 2. The van der Waals surface area contributed by atoms with E-state index in [1.165, 1.54) is 17.0 Å². The Hall–Kier alpha value is -4.73. The number of benzene rings is 4. The van der Waals surface area contributed by atoms with Gasteiger partial charge in [-0.05, 0) is 91.8 Å². The van der Waals surface area contributed by atoms with Gasteiger partial charge in [0.2, 0.25) is 5.91 Å². The van der Waals surface area contributed by atoms with Crippen molar-refractivity contribution in [3.05, 3.63) is 125 Å². The second-order valence-electron chi connectivity index (χ2n) is 12.8. The van der Waals surface area contributed by atoms with Crippen LogP contribution in [0.1, 0.15) is 56.1 Å². The first-order valence-electron chi connectivity index (χ1n) is 15.7. The number of nitrogens with one attached hydrogen (secondary N) is 1. The Labute approximate surface area is 275 Å². The molecule has 0 spiro atoms. The van der Waals surface area contributed by atoms with E-state index in [1.807, 2.05) is 79.7 Å². The molecule has 1 aliphatic rings. The molecule has 2 amide bonds. The minimum atomic E-state index is -0.857. The highest BCUT2D eigenvalue weighted by Crippen LogP contribution is 2.31. The monoisotopic (exact) mass is 640 g/mol. The van der Waals surface area contributed by atoms with Crippen LogP contribution in [0, 0.1) is 5.82 Å². The lowest BCUT2D eigenvalue weighted by molar-refractivity contribution is -0.246. The second kappa shape index (κ2) is 14.8. The smallest absolute Gasteiger partial charge is 0.411 e. The lowest BCUT2D eigenvalue weighted by atomic mass is 9.93. The summed E-state index contributed by atoms with van der Waals surface area (Å²) in [6.07, 6.45) is -0.282. The number of carbonyl (C=O) groups is 2. The van der Waals surface area contributed by atoms with Crippen molar-refractivity contribution in [3.63, 3.8) is 0 Å². The molecular weight excluding hydrogens is 599 g/mol. The fourth-order valence-electron chi connectivity index (χ4n) is 5.67. The Balaban J connectivity index is 1.32. The van der Waals surface area contributed by atoms with Crippen molar-refractivity contribution in [1.82, 2.24) is 10.2 Å². The molecule has 9 heteroatoms. The van der Waals surface area contributed by atoms with Gasteiger partial charge in [-0.25, -0.2) is 14.1 Å². The lowest BCUT2D eigenvalue weighted by Crippen LogP contribution is -2.56. The molecular formula is C38H41FN2O6. The first kappa shape index (κ1) is 33.6. The summed E-state index contributed by atoms with van der Waals surface area (Å²) in [6, 6.07) is 28.4. The van der Waals surface area contributed by atoms with Crippen LogP contribution in [-0.4, -0.2) is 46.4 Å². The summed E-state index contributed by atoms with van der Waals surface area (Å²) < 4.78 is 25.3. The molecule has 5 rings (SSSR count). The number of ether oxygens (including phenoxy) is 2. The van der Waals surface area contributed by atoms with Gasteiger partial charge < -0.3 is 14.8 Å². The standard InChI is InChI=1S/C38H41FN2O6/c1-25(27-14-17-32(39)18-15-27)46-34-19-16-30-22-35(41(23-31(30)21-34)37(43)47-38(2,3)4)36(42)40-33(24-45-44)20-26-10-12-29(13-11-26)28-8-6-5-7-9-28/h5-19,21,25,33,35,44H,20,22-24H2,1-4H3,(H,40,42)/t25?,33-,35-/m0/s1. The zero-order valence-corrected chi connectivity index (χ0v) is 27.1. The molecule has 2 N–H and O–H groups in total. The van der Waals surface area contributed by atoms with Gasteiger partial charge in [-0.3, -0.25) is 15.0 Å². The van der Waals surface area contributed by atoms with Crippen molar-refractivity contribution >= 4 is 12.0 Å². The van der Waals surface area contributed by atoms with Gasteiger partial charge in [0.25, 0.3) is 0 Å². The van der Waals surface area contributed by atoms with Crippen LogP contribution >= 0.6 is 0 Å². The third kappa shape index (κ3) is 8.96. The fourth-order valence-corrected chi connectivity index (χ4v) is 5.67. The SMILES string of the molecule is CC(Oc1ccc2c(c1)CN(C(=O)OC(C)(C)C)[C@H](C(=O)N[C@H](COO)Cc1ccc(-c3ccccc3)cc1)C2)c1ccc(F)cc1. The van der Waals surface area contributed by atoms with Crippen LogP contribution in [0.5, 0.6) is 5.75 Å². The molecule has 1 unspecified atom stereocenters. The van der Waals surface area contributed by atoms with Gasteiger partial charge >= 0.3 is 6.09 Å². The maximum atomic E-state index is 13.8. The molecule has 0 radical (unpaired) electrons. The van der Waals surface area contributed by atoms with E-state index in [2.05, 4.69) is 10.2 Å². The summed E-state index contributed by atoms with van der Waals surface area (Å²) in [6.45, 7) is 7.21. The number of fused-ring (bicyclic) bond motifs is 1. The highest BCUT2D eigenvalue weighted by atomic mass is 19.1. The summed E-state index contributed by atoms with van der Waals surface area (Å²) in [4.78, 5) is 33.2. The minimum absolute atomic E-state index is 0.130. The first-order chi connectivity index (χ1) is 22.5. The van der Waals surface area contributed by atoms with Gasteiger partial charge in [0.1, 0.15) is 35.9 Å². The second-order valence-corrected chi connectivity index (χ2v) is 12.8. The molecule has 0 saturated carbocycles. The number of carbonyl (C=O) groups excluding carboxylic acids is 2. The van der Waals surface area contributed by atoms with Crippen molar-refractivity contribution < 1.29 is 33.6 Å². The van der Waals surface area contributed by atoms with Crippen molar-refractivity contribution in [3.8, 4) is 16.9 Å². The van der Waals surface area contributed by atoms with Gasteiger partial charge in [0.05, 0.1) is 12.6 Å². The summed E-state index contributed by atoms with van der Waals surface area (Å²) in [5, 5.41) is 12.3. The normalized spacial score (nSPS) is 15.7. The number of halogens is 1. The first-order valence-corrected chi connectivity index (χ1v) is 15.7. The maximum absolute atomic E-state index is 13.8. The van der Waals surface area contributed by atoms with E-state index in [4.69, 9.17) is 9.47 Å². The Morgan fingerprint density at radius 1 is 0.936 bits per heavy atom. The van der Waals surface area contributed by atoms with E-state index < -0.39 is 23.8 Å². The number of hydrogen-bond donors (Lipinski definition) is 2. The van der Waals surface area contributed by atoms with Gasteiger partial charge in [-0.2, -0.15) is 0 Å². The van der Waals surface area contributed by atoms with Crippen molar-refractivity contribution in [1.29, 1.82) is 0 Å². The van der Waals surface area contributed by atoms with Crippen LogP contribution < -0.4 is 10.1 Å². The highest BCUT2D eigenvalue weighted by Gasteiger charge is 2.38. The predicted octanol–water partition coefficient (Wildman–Crippen LogP) is 7.51. The van der Waals surface area contributed by atoms with Crippen LogP contribution in [0.15, 0.2) is 97.1 Å². The number of nitrogens with zero attached hydrogens (tertiary/aromatic N) is 1. The quantitative estimate of drug-likeness (QED) is 0.138. The van der Waals surface area contributed by atoms with Gasteiger partial charge in [0, 0.05) is 6.42 Å². The Morgan fingerprint density at radius 2 is 1.62 bits per heavy atom. The molecule has 4 aromatic rings. The van der Waals surface area contributed by atoms with Crippen molar-refractivity contribution in [2.75, 3.05) is 6.61 Å². The van der Waals surface area contributed by atoms with E-state index in [-0.39, 0.29) is 37.4 Å². The predicted molar refractivity (Wildman–Crippen MR) is 177 cm³/mol. The van der Waals surface area contributed by atoms with Crippen LogP contribution in [0.3, 0.4) is 0 Å². The number of hydrogen-bond acceptors (Lipinski definition) is 6. The van der Waals surface area contributed by atoms with E-state index in [0.717, 1.165) is 33.4 Å². The Kier molecular flexibility index (Phi) is 10.6. The molecule has 0 fully saturated rings. The third-order valence-electron chi connectivity index (χ3n) is 8.06. The van der Waals surface area contributed by atoms with Crippen LogP contribution in [0.25, 0.3) is 11.1 Å². The zero-order chi connectivity index (χ0) is 33.6. The number of rotatable bonds is 10. The van der Waals surface area contributed by atoms with E-state index in [9.17, 15) is 19.2 Å². The van der Waals surface area contributed by atoms with Crippen molar-refractivity contribution in [2.45, 2.75) is 70.9 Å². The molecule has 47 heavy (non-hydrogen) atoms. The Bertz CT molecular complexity index is 1650. The average Bonchev–Trinajstić information content (AvgIpc) is 3.04. The lowest BCUT2D eigenvalue weighted by Gasteiger charge is -2.37. The molecule has 1 heterocycles. The van der Waals surface area contributed by atoms with Crippen molar-refractivity contribution in [2.24, 2.45) is 0 Å². The average molecular weight is 641 g/mol. The molecule has 0 bridgehead atoms. The zero-order valence-electron chi connectivity index (χ0n) is 27.1. The Morgan fingerprint density at radius 3 is 2.28 bits per heavy atom. The molecule has 4 aromatic carbocycles. The summed E-state index contributed by atoms with van der Waals surface area (Å²) >= 11 is 0. The fraction of sp³-hybridized carbons (Fsp3) is 0.316. The van der Waals surface area contributed by atoms with E-state index >= 15 is 0 Å². The molecule has 0 aliphatic carbocycles. The molecule has 8 nitrogen and oxygen atoms in total. The van der Waals surface area contributed by atoms with Gasteiger partial charge in [-0.1, -0.05) is 72.8 Å². The molecule has 0 saturated heterocycles. The van der Waals surface area contributed by atoms with Gasteiger partial charge in [-0.15, -0.1) is 0 Å². The van der Waals surface area contributed by atoms with Crippen LogP contribution in [-0.2, 0) is 33.8 Å². The summed E-state index contributed by atoms with van der Waals surface area (Å²) in [5.74, 6) is -0.107. The largest absolute Gasteiger partial charge is 0.486 e. The van der Waals surface area contributed by atoms with E-state index in [1.54, 1.807) is 32.9 Å². The van der Waals surface area contributed by atoms with Crippen LogP contribution in [0.4, 0.5) is 9.18 Å². The summed E-state index contributed by atoms with van der Waals surface area (Å²) in [7, 11) is 0. The minimum Gasteiger partial charge on any atom is -0.486 e. The molecule has 0 aromatic heterocycles. The van der Waals surface area contributed by atoms with Gasteiger partial charge in [0.15, 0.2) is 0 Å². The highest BCUT2D eigenvalue weighted by molar-refractivity contribution is 5.87. The van der Waals surface area contributed by atoms with E-state index in [0.29, 0.717) is 12.2 Å². The maximum Gasteiger partial charge on any atom is 0.411 e. The molecule has 246 valence electrons. The molecule has 3 atom stereocenters. The topological polar surface area (TPSA) is 97.3 Å².